The molecule has 0 spiro atoms. The van der Waals surface area contributed by atoms with E-state index < -0.39 is 0 Å². The van der Waals surface area contributed by atoms with Crippen molar-refractivity contribution in [2.24, 2.45) is 0 Å². The number of ether oxygens (including phenoxy) is 1. The van der Waals surface area contributed by atoms with Gasteiger partial charge in [-0.15, -0.1) is 0 Å². The van der Waals surface area contributed by atoms with Crippen LogP contribution in [0.5, 0.6) is 0 Å². The molecule has 0 radical (unpaired) electrons. The Bertz CT molecular complexity index is 927. The zero-order chi connectivity index (χ0) is 20.6. The highest BCUT2D eigenvalue weighted by molar-refractivity contribution is 6.18. The summed E-state index contributed by atoms with van der Waals surface area (Å²) in [4.78, 5) is 16.7. The van der Waals surface area contributed by atoms with E-state index in [0.29, 0.717) is 5.92 Å². The fraction of sp³-hybridized carbons (Fsp3) is 0.423. The number of benzene rings is 2. The molecule has 0 saturated heterocycles. The number of ketones is 1. The molecule has 3 rings (SSSR count). The number of aryl methyl sites for hydroxylation is 1. The fourth-order valence-corrected chi connectivity index (χ4v) is 4.07. The van der Waals surface area contributed by atoms with Crippen LogP contribution in [0, 0.1) is 6.92 Å². The van der Waals surface area contributed by atoms with E-state index in [2.05, 4.69) is 37.0 Å². The zero-order valence-corrected chi connectivity index (χ0v) is 18.0. The molecule has 3 nitrogen and oxygen atoms in total. The van der Waals surface area contributed by atoms with Crippen LogP contribution in [-0.2, 0) is 4.74 Å². The van der Waals surface area contributed by atoms with Crippen molar-refractivity contribution in [1.29, 1.82) is 0 Å². The quantitative estimate of drug-likeness (QED) is 0.288. The van der Waals surface area contributed by atoms with E-state index in [9.17, 15) is 4.79 Å². The smallest absolute Gasteiger partial charge is 0.195 e. The molecule has 0 aliphatic heterocycles. The number of unbranched alkanes of at least 4 members (excludes halogenated alkanes) is 2. The number of H-pyrrole nitrogens is 1. The van der Waals surface area contributed by atoms with Gasteiger partial charge in [0.1, 0.15) is 0 Å². The molecule has 154 valence electrons. The summed E-state index contributed by atoms with van der Waals surface area (Å²) < 4.78 is 5.58. The lowest BCUT2D eigenvalue weighted by atomic mass is 9.89. The molecule has 0 bridgehead atoms. The summed E-state index contributed by atoms with van der Waals surface area (Å²) in [7, 11) is 0. The fourth-order valence-electron chi connectivity index (χ4n) is 4.07. The van der Waals surface area contributed by atoms with E-state index in [1.165, 1.54) is 18.4 Å². The zero-order valence-electron chi connectivity index (χ0n) is 18.0. The van der Waals surface area contributed by atoms with Crippen molar-refractivity contribution in [3.8, 4) is 0 Å². The largest absolute Gasteiger partial charge is 0.381 e. The Balaban J connectivity index is 1.77. The molecule has 2 aromatic carbocycles. The molecule has 1 aromatic heterocycles. The molecule has 3 heteroatoms. The third-order valence-corrected chi connectivity index (χ3v) is 5.61. The molecule has 1 atom stereocenters. The van der Waals surface area contributed by atoms with Gasteiger partial charge in [-0.05, 0) is 43.7 Å². The molecule has 0 fully saturated rings. The molecule has 0 saturated carbocycles. The highest BCUT2D eigenvalue weighted by atomic mass is 16.5. The summed E-state index contributed by atoms with van der Waals surface area (Å²) in [6.07, 6.45) is 5.69. The summed E-state index contributed by atoms with van der Waals surface area (Å²) in [6.45, 7) is 8.15. The summed E-state index contributed by atoms with van der Waals surface area (Å²) in [5.41, 5.74) is 4.83. The van der Waals surface area contributed by atoms with E-state index in [1.807, 2.05) is 37.3 Å². The van der Waals surface area contributed by atoms with Crippen molar-refractivity contribution in [3.63, 3.8) is 0 Å². The predicted octanol–water partition coefficient (Wildman–Crippen LogP) is 6.80. The van der Waals surface area contributed by atoms with Crippen molar-refractivity contribution in [2.75, 3.05) is 13.2 Å². The minimum absolute atomic E-state index is 0.0991. The van der Waals surface area contributed by atoms with Gasteiger partial charge in [0.2, 0.25) is 0 Å². The molecular formula is C26H33NO2. The van der Waals surface area contributed by atoms with Crippen LogP contribution in [0.15, 0.2) is 48.5 Å². The van der Waals surface area contributed by atoms with Gasteiger partial charge in [-0.1, -0.05) is 69.2 Å². The number of hydrogen-bond donors (Lipinski definition) is 1. The van der Waals surface area contributed by atoms with Gasteiger partial charge >= 0.3 is 0 Å². The van der Waals surface area contributed by atoms with Gasteiger partial charge in [0.15, 0.2) is 5.78 Å². The van der Waals surface area contributed by atoms with Crippen molar-refractivity contribution in [2.45, 2.75) is 58.8 Å². The second kappa shape index (κ2) is 10.4. The Morgan fingerprint density at radius 1 is 1.00 bits per heavy atom. The first-order valence-corrected chi connectivity index (χ1v) is 10.9. The van der Waals surface area contributed by atoms with Crippen LogP contribution in [0.2, 0.25) is 0 Å². The van der Waals surface area contributed by atoms with Crippen LogP contribution < -0.4 is 0 Å². The van der Waals surface area contributed by atoms with Crippen LogP contribution >= 0.6 is 0 Å². The Labute approximate surface area is 174 Å². The van der Waals surface area contributed by atoms with E-state index in [4.69, 9.17) is 4.74 Å². The standard InChI is InChI=1S/C26H33NO2/c1-4-17-29-18-10-6-7-12-19(2)22-15-11-16-23-25(22)24(20(3)27-23)26(28)21-13-8-5-9-14-21/h5,8-9,11,13-16,19,27H,4,6-7,10,12,17-18H2,1-3H3. The van der Waals surface area contributed by atoms with Crippen molar-refractivity contribution in [3.05, 3.63) is 70.9 Å². The van der Waals surface area contributed by atoms with Crippen molar-refractivity contribution < 1.29 is 9.53 Å². The number of carbonyl (C=O) groups is 1. The first-order chi connectivity index (χ1) is 14.1. The number of hydrogen-bond acceptors (Lipinski definition) is 2. The molecule has 0 aliphatic carbocycles. The Hall–Kier alpha value is -2.39. The van der Waals surface area contributed by atoms with E-state index >= 15 is 0 Å². The maximum Gasteiger partial charge on any atom is 0.195 e. The van der Waals surface area contributed by atoms with E-state index in [0.717, 1.165) is 60.2 Å². The van der Waals surface area contributed by atoms with Gasteiger partial charge in [-0.25, -0.2) is 0 Å². The number of aromatic nitrogens is 1. The normalized spacial score (nSPS) is 12.4. The van der Waals surface area contributed by atoms with Crippen LogP contribution in [0.3, 0.4) is 0 Å². The third kappa shape index (κ3) is 5.16. The lowest BCUT2D eigenvalue weighted by Gasteiger charge is -2.15. The molecular weight excluding hydrogens is 358 g/mol. The third-order valence-electron chi connectivity index (χ3n) is 5.61. The molecule has 0 amide bonds. The number of nitrogens with one attached hydrogen (secondary N) is 1. The monoisotopic (exact) mass is 391 g/mol. The molecule has 1 unspecified atom stereocenters. The summed E-state index contributed by atoms with van der Waals surface area (Å²) in [5, 5.41) is 1.10. The molecule has 1 heterocycles. The maximum atomic E-state index is 13.3. The van der Waals surface area contributed by atoms with Gasteiger partial charge in [-0.2, -0.15) is 0 Å². The number of fused-ring (bicyclic) bond motifs is 1. The Morgan fingerprint density at radius 3 is 2.55 bits per heavy atom. The van der Waals surface area contributed by atoms with E-state index in [1.54, 1.807) is 0 Å². The molecule has 1 N–H and O–H groups in total. The predicted molar refractivity (Wildman–Crippen MR) is 121 cm³/mol. The van der Waals surface area contributed by atoms with Crippen molar-refractivity contribution in [1.82, 2.24) is 4.98 Å². The Kier molecular flexibility index (Phi) is 7.65. The number of carbonyl (C=O) groups excluding carboxylic acids is 1. The minimum Gasteiger partial charge on any atom is -0.381 e. The van der Waals surface area contributed by atoms with E-state index in [-0.39, 0.29) is 5.78 Å². The average molecular weight is 392 g/mol. The second-order valence-corrected chi connectivity index (χ2v) is 7.95. The summed E-state index contributed by atoms with van der Waals surface area (Å²) in [5.74, 6) is 0.509. The number of rotatable bonds is 11. The maximum absolute atomic E-state index is 13.3. The highest BCUT2D eigenvalue weighted by Gasteiger charge is 2.21. The van der Waals surface area contributed by atoms with Gasteiger partial charge in [-0.3, -0.25) is 4.79 Å². The summed E-state index contributed by atoms with van der Waals surface area (Å²) in [6, 6.07) is 15.9. The topological polar surface area (TPSA) is 42.1 Å². The minimum atomic E-state index is 0.0991. The second-order valence-electron chi connectivity index (χ2n) is 7.95. The summed E-state index contributed by atoms with van der Waals surface area (Å²) >= 11 is 0. The van der Waals surface area contributed by atoms with Gasteiger partial charge in [0.05, 0.1) is 5.56 Å². The van der Waals surface area contributed by atoms with Crippen molar-refractivity contribution >= 4 is 16.7 Å². The Morgan fingerprint density at radius 2 is 1.79 bits per heavy atom. The molecule has 3 aromatic rings. The van der Waals surface area contributed by atoms with Crippen LogP contribution in [0.1, 0.15) is 79.0 Å². The first-order valence-electron chi connectivity index (χ1n) is 10.9. The van der Waals surface area contributed by atoms with Crippen LogP contribution in [0.4, 0.5) is 0 Å². The van der Waals surface area contributed by atoms with Crippen LogP contribution in [0.25, 0.3) is 10.9 Å². The number of aromatic amines is 1. The SMILES string of the molecule is CCCOCCCCCC(C)c1cccc2[nH]c(C)c(C(=O)c3ccccc3)c12. The first kappa shape index (κ1) is 21.3. The lowest BCUT2D eigenvalue weighted by Crippen LogP contribution is -2.04. The van der Waals surface area contributed by atoms with Crippen LogP contribution in [-0.4, -0.2) is 24.0 Å². The van der Waals surface area contributed by atoms with Gasteiger partial charge < -0.3 is 9.72 Å². The average Bonchev–Trinajstić information content (AvgIpc) is 3.08. The molecule has 0 aliphatic rings. The van der Waals surface area contributed by atoms with Gasteiger partial charge in [0.25, 0.3) is 0 Å². The van der Waals surface area contributed by atoms with Gasteiger partial charge in [0, 0.05) is 35.4 Å². The highest BCUT2D eigenvalue weighted by Crippen LogP contribution is 2.34. The molecule has 29 heavy (non-hydrogen) atoms. The lowest BCUT2D eigenvalue weighted by molar-refractivity contribution is 0.103.